The molecule has 0 radical (unpaired) electrons. The number of rotatable bonds is 4. The van der Waals surface area contributed by atoms with Gasteiger partial charge in [0.2, 0.25) is 0 Å². The molecule has 0 aromatic heterocycles. The molecule has 2 aliphatic heterocycles. The Bertz CT molecular complexity index is 449. The Morgan fingerprint density at radius 2 is 2.10 bits per heavy atom. The highest BCUT2D eigenvalue weighted by Crippen LogP contribution is 2.22. The maximum atomic E-state index is 13.5. The van der Waals surface area contributed by atoms with Crippen LogP contribution < -0.4 is 5.32 Å². The molecule has 0 aliphatic carbocycles. The van der Waals surface area contributed by atoms with Gasteiger partial charge < -0.3 is 10.1 Å². The molecule has 5 heteroatoms. The molecular weight excluding hydrogens is 262 g/mol. The van der Waals surface area contributed by atoms with Gasteiger partial charge in [-0.15, -0.1) is 0 Å². The Morgan fingerprint density at radius 3 is 2.90 bits per heavy atom. The van der Waals surface area contributed by atoms with Gasteiger partial charge in [0.1, 0.15) is 11.6 Å². The van der Waals surface area contributed by atoms with Crippen molar-refractivity contribution in [2.24, 2.45) is 0 Å². The first kappa shape index (κ1) is 13.9. The Kier molecular flexibility index (Phi) is 4.29. The van der Waals surface area contributed by atoms with Gasteiger partial charge in [-0.1, -0.05) is 6.07 Å². The van der Waals surface area contributed by atoms with Gasteiger partial charge in [-0.05, 0) is 31.5 Å². The maximum absolute atomic E-state index is 13.5. The van der Waals surface area contributed by atoms with E-state index < -0.39 is 11.6 Å². The first-order valence-corrected chi connectivity index (χ1v) is 7.23. The molecule has 20 heavy (non-hydrogen) atoms. The third kappa shape index (κ3) is 3.00. The monoisotopic (exact) mass is 282 g/mol. The highest BCUT2D eigenvalue weighted by Gasteiger charge is 2.31. The van der Waals surface area contributed by atoms with E-state index >= 15 is 0 Å². The van der Waals surface area contributed by atoms with Gasteiger partial charge in [-0.2, -0.15) is 0 Å². The zero-order valence-corrected chi connectivity index (χ0v) is 11.4. The molecule has 2 atom stereocenters. The summed E-state index contributed by atoms with van der Waals surface area (Å²) in [5.74, 6) is -0.997. The fourth-order valence-electron chi connectivity index (χ4n) is 3.07. The number of hydrogen-bond acceptors (Lipinski definition) is 3. The van der Waals surface area contributed by atoms with Crippen molar-refractivity contribution in [1.82, 2.24) is 10.2 Å². The highest BCUT2D eigenvalue weighted by atomic mass is 19.1. The largest absolute Gasteiger partial charge is 0.374 e. The van der Waals surface area contributed by atoms with Crippen LogP contribution in [0.15, 0.2) is 18.2 Å². The summed E-state index contributed by atoms with van der Waals surface area (Å²) in [5.41, 5.74) is 0.0994. The van der Waals surface area contributed by atoms with E-state index in [0.29, 0.717) is 12.6 Å². The molecule has 3 nitrogen and oxygen atoms in total. The number of hydrogen-bond donors (Lipinski definition) is 1. The van der Waals surface area contributed by atoms with Crippen molar-refractivity contribution in [3.63, 3.8) is 0 Å². The normalized spacial score (nSPS) is 26.7. The van der Waals surface area contributed by atoms with Crippen molar-refractivity contribution in [2.45, 2.75) is 31.5 Å². The summed E-state index contributed by atoms with van der Waals surface area (Å²) < 4.78 is 32.7. The van der Waals surface area contributed by atoms with Crippen LogP contribution >= 0.6 is 0 Å². The van der Waals surface area contributed by atoms with E-state index in [1.807, 2.05) is 0 Å². The topological polar surface area (TPSA) is 24.5 Å². The van der Waals surface area contributed by atoms with Crippen molar-refractivity contribution in [1.29, 1.82) is 0 Å². The van der Waals surface area contributed by atoms with Gasteiger partial charge in [0.05, 0.1) is 12.7 Å². The van der Waals surface area contributed by atoms with Crippen LogP contribution in [0.5, 0.6) is 0 Å². The number of benzene rings is 1. The smallest absolute Gasteiger partial charge is 0.130 e. The lowest BCUT2D eigenvalue weighted by Gasteiger charge is -2.35. The minimum absolute atomic E-state index is 0.0994. The second-order valence-corrected chi connectivity index (χ2v) is 5.58. The second-order valence-electron chi connectivity index (χ2n) is 5.58. The van der Waals surface area contributed by atoms with Crippen molar-refractivity contribution in [3.8, 4) is 0 Å². The van der Waals surface area contributed by atoms with Crippen LogP contribution in [-0.2, 0) is 11.3 Å². The number of morpholine rings is 1. The van der Waals surface area contributed by atoms with E-state index in [2.05, 4.69) is 10.2 Å². The quantitative estimate of drug-likeness (QED) is 0.913. The van der Waals surface area contributed by atoms with Crippen LogP contribution in [0, 0.1) is 11.6 Å². The van der Waals surface area contributed by atoms with Gasteiger partial charge in [-0.25, -0.2) is 8.78 Å². The van der Waals surface area contributed by atoms with Gasteiger partial charge in [0.25, 0.3) is 0 Å². The first-order chi connectivity index (χ1) is 9.74. The van der Waals surface area contributed by atoms with Gasteiger partial charge in [0.15, 0.2) is 0 Å². The lowest BCUT2D eigenvalue weighted by Crippen LogP contribution is -2.49. The van der Waals surface area contributed by atoms with E-state index in [4.69, 9.17) is 4.74 Å². The van der Waals surface area contributed by atoms with E-state index in [1.54, 1.807) is 0 Å². The first-order valence-electron chi connectivity index (χ1n) is 7.23. The van der Waals surface area contributed by atoms with Gasteiger partial charge in [-0.3, -0.25) is 4.90 Å². The minimum atomic E-state index is -0.498. The number of nitrogens with one attached hydrogen (secondary N) is 1. The van der Waals surface area contributed by atoms with Crippen molar-refractivity contribution in [2.75, 3.05) is 26.2 Å². The van der Waals surface area contributed by atoms with Crippen LogP contribution in [0.2, 0.25) is 0 Å². The number of ether oxygens (including phenoxy) is 1. The standard InChI is InChI=1S/C15H20F2N2O/c16-14-4-1-5-15(17)13(14)8-18-7-12-9-19-6-2-3-11(19)10-20-12/h1,4-5,11-12,18H,2-3,6-10H2. The fraction of sp³-hybridized carbons (Fsp3) is 0.600. The van der Waals surface area contributed by atoms with Gasteiger partial charge >= 0.3 is 0 Å². The molecule has 2 heterocycles. The lowest BCUT2D eigenvalue weighted by atomic mass is 10.1. The summed E-state index contributed by atoms with van der Waals surface area (Å²) >= 11 is 0. The molecule has 110 valence electrons. The molecule has 1 aromatic carbocycles. The number of halogens is 2. The SMILES string of the molecule is Fc1cccc(F)c1CNCC1CN2CCCC2CO1. The summed E-state index contributed by atoms with van der Waals surface area (Å²) in [7, 11) is 0. The summed E-state index contributed by atoms with van der Waals surface area (Å²) in [6, 6.07) is 4.53. The Labute approximate surface area is 117 Å². The number of nitrogens with zero attached hydrogens (tertiary/aromatic N) is 1. The Morgan fingerprint density at radius 1 is 1.30 bits per heavy atom. The minimum Gasteiger partial charge on any atom is -0.374 e. The number of fused-ring (bicyclic) bond motifs is 1. The fourth-order valence-corrected chi connectivity index (χ4v) is 3.07. The summed E-state index contributed by atoms with van der Waals surface area (Å²) in [6.45, 7) is 3.66. The molecule has 1 aromatic rings. The predicted molar refractivity (Wildman–Crippen MR) is 72.4 cm³/mol. The zero-order valence-electron chi connectivity index (χ0n) is 11.4. The third-order valence-electron chi connectivity index (χ3n) is 4.20. The summed E-state index contributed by atoms with van der Waals surface area (Å²) in [5, 5.41) is 3.10. The van der Waals surface area contributed by atoms with Crippen LogP contribution in [0.25, 0.3) is 0 Å². The summed E-state index contributed by atoms with van der Waals surface area (Å²) in [6.07, 6.45) is 2.58. The molecule has 0 bridgehead atoms. The molecule has 1 N–H and O–H groups in total. The lowest BCUT2D eigenvalue weighted by molar-refractivity contribution is -0.0470. The van der Waals surface area contributed by atoms with E-state index in [0.717, 1.165) is 19.7 Å². The van der Waals surface area contributed by atoms with Crippen LogP contribution in [-0.4, -0.2) is 43.3 Å². The Balaban J connectivity index is 1.48. The highest BCUT2D eigenvalue weighted by molar-refractivity contribution is 5.19. The van der Waals surface area contributed by atoms with Crippen molar-refractivity contribution < 1.29 is 13.5 Å². The van der Waals surface area contributed by atoms with E-state index in [1.165, 1.54) is 31.0 Å². The van der Waals surface area contributed by atoms with Crippen LogP contribution in [0.1, 0.15) is 18.4 Å². The van der Waals surface area contributed by atoms with Crippen LogP contribution in [0.4, 0.5) is 8.78 Å². The van der Waals surface area contributed by atoms with E-state index in [-0.39, 0.29) is 18.2 Å². The zero-order chi connectivity index (χ0) is 13.9. The molecule has 0 spiro atoms. The average molecular weight is 282 g/mol. The second kappa shape index (κ2) is 6.16. The predicted octanol–water partition coefficient (Wildman–Crippen LogP) is 1.92. The molecule has 2 aliphatic rings. The Hall–Kier alpha value is -1.04. The van der Waals surface area contributed by atoms with Crippen molar-refractivity contribution in [3.05, 3.63) is 35.4 Å². The molecule has 3 rings (SSSR count). The molecule has 2 saturated heterocycles. The van der Waals surface area contributed by atoms with Gasteiger partial charge in [0, 0.05) is 31.2 Å². The van der Waals surface area contributed by atoms with Crippen molar-refractivity contribution >= 4 is 0 Å². The molecule has 0 saturated carbocycles. The molecule has 2 unspecified atom stereocenters. The summed E-state index contributed by atoms with van der Waals surface area (Å²) in [4.78, 5) is 2.46. The third-order valence-corrected chi connectivity index (χ3v) is 4.20. The van der Waals surface area contributed by atoms with Crippen LogP contribution in [0.3, 0.4) is 0 Å². The maximum Gasteiger partial charge on any atom is 0.130 e. The molecule has 0 amide bonds. The van der Waals surface area contributed by atoms with E-state index in [9.17, 15) is 8.78 Å². The average Bonchev–Trinajstić information content (AvgIpc) is 2.89. The molecule has 2 fully saturated rings. The molecular formula is C15H20F2N2O.